The van der Waals surface area contributed by atoms with Crippen LogP contribution < -0.4 is 0 Å². The Kier molecular flexibility index (Phi) is 13.4. The fourth-order valence-corrected chi connectivity index (χ4v) is 158. The Balaban J connectivity index is 7.54. The molecule has 26 heavy (non-hydrogen) atoms. The lowest BCUT2D eigenvalue weighted by molar-refractivity contribution is 5.04. The summed E-state index contributed by atoms with van der Waals surface area (Å²) < 4.78 is -2.38. The maximum Gasteiger partial charge on any atom is 0.0451 e. The van der Waals surface area contributed by atoms with E-state index in [0.29, 0.717) is 0 Å². The second-order valence-electron chi connectivity index (χ2n) is 3.27. The van der Waals surface area contributed by atoms with Gasteiger partial charge in [-0.15, -0.1) is 0 Å². The van der Waals surface area contributed by atoms with Crippen LogP contribution in [0.4, 0.5) is 0 Å². The second-order valence-corrected chi connectivity index (χ2v) is 94.6. The number of halogens is 1. The van der Waals surface area contributed by atoms with Gasteiger partial charge in [-0.2, -0.15) is 0 Å². The Labute approximate surface area is 245 Å². The van der Waals surface area contributed by atoms with Gasteiger partial charge in [-0.3, -0.25) is 0 Å². The molecule has 26 heteroatoms. The monoisotopic (exact) mass is 927 g/mol. The fraction of sp³-hybridized carbons (Fsp3) is 0. The molecule has 0 atom stereocenters. The predicted octanol–water partition coefficient (Wildman–Crippen LogP) is 1.21. The van der Waals surface area contributed by atoms with Gasteiger partial charge in [-0.05, 0) is 179 Å². The van der Waals surface area contributed by atoms with Crippen molar-refractivity contribution in [2.45, 2.75) is 0 Å². The van der Waals surface area contributed by atoms with E-state index in [2.05, 4.69) is 11.7 Å². The summed E-state index contributed by atoms with van der Waals surface area (Å²) >= 11 is 94.2. The van der Waals surface area contributed by atoms with Gasteiger partial charge >= 0.3 is 0 Å². The van der Waals surface area contributed by atoms with E-state index in [1.165, 1.54) is 0 Å². The van der Waals surface area contributed by atoms with Crippen LogP contribution in [0.5, 0.6) is 0 Å². The SMILES string of the molecule is S=S(=S)(S)S(=S)(=S)S(=S)(=S)S(=S)(=S)S(=S)(=S)S(=S)(=S)S(=S)(=S)S(=S)(=S)I. The number of hydrogen-bond donors (Lipinski definition) is 1. The van der Waals surface area contributed by atoms with Crippen LogP contribution in [0.3, 0.4) is 0 Å². The quantitative estimate of drug-likeness (QED) is 0.169. The van der Waals surface area contributed by atoms with E-state index in [-0.39, 0.29) is 0 Å². The predicted molar refractivity (Wildman–Crippen MR) is 200 cm³/mol. The van der Waals surface area contributed by atoms with E-state index in [4.69, 9.17) is 179 Å². The Bertz CT molecular complexity index is 1340. The van der Waals surface area contributed by atoms with Crippen LogP contribution in [0.1, 0.15) is 0 Å². The fourth-order valence-electron chi connectivity index (χ4n) is 0.613. The van der Waals surface area contributed by atoms with Crippen molar-refractivity contribution in [2.75, 3.05) is 0 Å². The standard InChI is InChI=1S/HIS25/c1-19(2,3)21(7,8)23(11,12)25(15,16)26(17,18)24(13,14)22(9,10)20(4,5)6/h(H,4,5,6). The molecule has 0 bridgehead atoms. The molecule has 0 heterocycles. The molecule has 0 saturated heterocycles. The molecule has 0 aromatic rings. The molecule has 0 radical (unpaired) electrons. The highest BCUT2D eigenvalue weighted by molar-refractivity contribution is 14.2. The molecule has 0 amide bonds. The zero-order valence-electron chi connectivity index (χ0n) is 10.6. The zero-order valence-corrected chi connectivity index (χ0v) is 33.3. The molecule has 0 aromatic carbocycles. The lowest BCUT2D eigenvalue weighted by atomic mass is 29.7. The highest BCUT2D eigenvalue weighted by Gasteiger charge is 2.38. The van der Waals surface area contributed by atoms with Crippen LogP contribution in [-0.2, 0) is 219 Å². The summed E-state index contributed by atoms with van der Waals surface area (Å²) in [6.45, 7) is 0. The average molecular weight is 930 g/mol. The van der Waals surface area contributed by atoms with Gasteiger partial charge in [-0.1, -0.05) is 11.7 Å². The molecule has 0 aliphatic rings. The molecule has 0 saturated carbocycles. The van der Waals surface area contributed by atoms with Crippen molar-refractivity contribution in [3.63, 3.8) is 0 Å². The van der Waals surface area contributed by atoms with E-state index in [9.17, 15) is 0 Å². The summed E-state index contributed by atoms with van der Waals surface area (Å²) in [6, 6.07) is 0. The van der Waals surface area contributed by atoms with Crippen LogP contribution in [0, 0.1) is 0 Å². The van der Waals surface area contributed by atoms with Crippen LogP contribution in [0.15, 0.2) is 0 Å². The van der Waals surface area contributed by atoms with Gasteiger partial charge in [0.25, 0.3) is 0 Å². The van der Waals surface area contributed by atoms with E-state index in [1.54, 1.807) is 0 Å². The minimum absolute atomic E-state index is 1.83. The number of hydrogen-bond acceptors (Lipinski definition) is 16. The first-order chi connectivity index (χ1) is 10.8. The Morgan fingerprint density at radius 3 is 0.769 bits per heavy atom. The summed E-state index contributed by atoms with van der Waals surface area (Å²) in [7, 11) is 0. The van der Waals surface area contributed by atoms with Gasteiger partial charge in [0.2, 0.25) is 0 Å². The molecule has 0 N–H and O–H groups in total. The third-order valence-electron chi connectivity index (χ3n) is 1.75. The van der Waals surface area contributed by atoms with Crippen molar-refractivity contribution in [1.82, 2.24) is 0 Å². The molecule has 0 aromatic heterocycles. The highest BCUT2D eigenvalue weighted by atomic mass is 127. The van der Waals surface area contributed by atoms with Crippen molar-refractivity contribution in [3.05, 3.63) is 0 Å². The van der Waals surface area contributed by atoms with Gasteiger partial charge in [-0.25, -0.2) is 0 Å². The normalized spacial score (nSPS) is 16.2. The zero-order chi connectivity index (χ0) is 22.0. The Hall–Kier alpha value is 7.40. The molecule has 0 aliphatic carbocycles. The van der Waals surface area contributed by atoms with Crippen LogP contribution in [0.25, 0.3) is 0 Å². The summed E-state index contributed by atoms with van der Waals surface area (Å²) in [5.74, 6) is 0. The highest BCUT2D eigenvalue weighted by Crippen LogP contribution is 2.37. The third kappa shape index (κ3) is 5.86. The minimum Gasteiger partial charge on any atom is -0.0917 e. The van der Waals surface area contributed by atoms with E-state index in [1.807, 2.05) is 21.2 Å². The topological polar surface area (TPSA) is 0 Å². The molecule has 0 aliphatic heterocycles. The van der Waals surface area contributed by atoms with Crippen LogP contribution in [0.2, 0.25) is 0 Å². The second kappa shape index (κ2) is 10.4. The molecule has 0 rings (SSSR count). The maximum atomic E-state index is 5.66. The largest absolute Gasteiger partial charge is 0.0917 e. The first-order valence-corrected chi connectivity index (χ1v) is 39.2. The molecule has 158 valence electrons. The molecule has 0 spiro atoms. The molecular formula is HIS25. The summed E-state index contributed by atoms with van der Waals surface area (Å²) in [5, 5.41) is -20.4. The van der Waals surface area contributed by atoms with Gasteiger partial charge < -0.3 is 0 Å². The molecule has 0 unspecified atom stereocenters. The Morgan fingerprint density at radius 2 is 0.577 bits per heavy atom. The van der Waals surface area contributed by atoms with Gasteiger partial charge in [0.05, 0.1) is 0 Å². The van der Waals surface area contributed by atoms with Crippen LogP contribution >= 0.6 is 32.9 Å². The summed E-state index contributed by atoms with van der Waals surface area (Å²) in [6.07, 6.45) is 0. The number of thiol groups is 1. The minimum atomic E-state index is -3.09. The lowest BCUT2D eigenvalue weighted by Gasteiger charge is -2.30. The van der Waals surface area contributed by atoms with E-state index >= 15 is 0 Å². The van der Waals surface area contributed by atoms with Crippen molar-refractivity contribution in [3.8, 4) is 0 Å². The van der Waals surface area contributed by atoms with Crippen molar-refractivity contribution < 1.29 is 0 Å². The van der Waals surface area contributed by atoms with Gasteiger partial charge in [0, 0.05) is 61.0 Å². The Morgan fingerprint density at radius 1 is 0.385 bits per heavy atom. The third-order valence-corrected chi connectivity index (χ3v) is 150. The van der Waals surface area contributed by atoms with Gasteiger partial charge in [0.1, 0.15) is 0 Å². The smallest absolute Gasteiger partial charge is 0.0451 e. The first kappa shape index (κ1) is 33.4. The maximum absolute atomic E-state index is 5.66. The molecular weight excluding hydrogens is 929 g/mol. The van der Waals surface area contributed by atoms with E-state index < -0.39 is 39.8 Å². The lowest BCUT2D eigenvalue weighted by Crippen LogP contribution is -2.33. The van der Waals surface area contributed by atoms with Crippen molar-refractivity contribution >= 4 is 252 Å². The average Bonchev–Trinajstić information content (AvgIpc) is 2.34. The van der Waals surface area contributed by atoms with Crippen molar-refractivity contribution in [2.24, 2.45) is 0 Å². The summed E-state index contributed by atoms with van der Waals surface area (Å²) in [5.41, 5.74) is 0. The molecule has 0 fully saturated rings. The van der Waals surface area contributed by atoms with Crippen LogP contribution in [-0.4, -0.2) is 0 Å². The summed E-state index contributed by atoms with van der Waals surface area (Å²) in [4.78, 5) is 0. The van der Waals surface area contributed by atoms with Crippen molar-refractivity contribution in [1.29, 1.82) is 0 Å². The first-order valence-electron chi connectivity index (χ1n) is 4.17. The number of rotatable bonds is 7. The van der Waals surface area contributed by atoms with E-state index in [0.717, 1.165) is 0 Å². The molecule has 0 nitrogen and oxygen atoms in total. The van der Waals surface area contributed by atoms with Gasteiger partial charge in [0.15, 0.2) is 0 Å².